The Balaban J connectivity index is 1.58. The van der Waals surface area contributed by atoms with Crippen LogP contribution in [0.5, 0.6) is 0 Å². The highest BCUT2D eigenvalue weighted by Crippen LogP contribution is 2.16. The number of oxime groups is 1. The standard InChI is InChI=1S/C18H20ClN3O/c19-16-8-6-15(7-9-16)18(20-23)14-21-10-12-22(13-11-21)17-4-2-1-3-5-17/h1-9,23H,10-14H2. The molecule has 23 heavy (non-hydrogen) atoms. The van der Waals surface area contributed by atoms with Crippen LogP contribution in [0.15, 0.2) is 59.8 Å². The van der Waals surface area contributed by atoms with Gasteiger partial charge in [-0.3, -0.25) is 4.90 Å². The molecule has 0 saturated carbocycles. The normalized spacial score (nSPS) is 16.6. The molecule has 1 fully saturated rings. The van der Waals surface area contributed by atoms with E-state index in [-0.39, 0.29) is 0 Å². The van der Waals surface area contributed by atoms with Gasteiger partial charge >= 0.3 is 0 Å². The van der Waals surface area contributed by atoms with Gasteiger partial charge in [-0.25, -0.2) is 0 Å². The molecule has 1 N–H and O–H groups in total. The van der Waals surface area contributed by atoms with E-state index < -0.39 is 0 Å². The molecule has 0 aliphatic carbocycles. The summed E-state index contributed by atoms with van der Waals surface area (Å²) in [6, 6.07) is 17.9. The Hall–Kier alpha value is -2.04. The first-order valence-electron chi connectivity index (χ1n) is 7.75. The summed E-state index contributed by atoms with van der Waals surface area (Å²) in [7, 11) is 0. The van der Waals surface area contributed by atoms with Crippen LogP contribution in [0.25, 0.3) is 0 Å². The lowest BCUT2D eigenvalue weighted by Crippen LogP contribution is -2.48. The summed E-state index contributed by atoms with van der Waals surface area (Å²) in [5, 5.41) is 13.5. The maximum Gasteiger partial charge on any atom is 0.101 e. The second-order valence-electron chi connectivity index (χ2n) is 5.65. The molecule has 1 saturated heterocycles. The van der Waals surface area contributed by atoms with E-state index in [0.717, 1.165) is 31.7 Å². The lowest BCUT2D eigenvalue weighted by Gasteiger charge is -2.36. The maximum atomic E-state index is 9.33. The van der Waals surface area contributed by atoms with Gasteiger partial charge < -0.3 is 10.1 Å². The minimum atomic E-state index is 0.640. The molecule has 0 spiro atoms. The van der Waals surface area contributed by atoms with Gasteiger partial charge in [0.1, 0.15) is 5.71 Å². The molecule has 0 amide bonds. The van der Waals surface area contributed by atoms with Crippen molar-refractivity contribution in [3.8, 4) is 0 Å². The monoisotopic (exact) mass is 329 g/mol. The van der Waals surface area contributed by atoms with Gasteiger partial charge in [0.2, 0.25) is 0 Å². The van der Waals surface area contributed by atoms with Gasteiger partial charge in [0.25, 0.3) is 0 Å². The Bertz CT molecular complexity index is 650. The summed E-state index contributed by atoms with van der Waals surface area (Å²) in [4.78, 5) is 4.69. The summed E-state index contributed by atoms with van der Waals surface area (Å²) in [5.41, 5.74) is 2.85. The van der Waals surface area contributed by atoms with Crippen molar-refractivity contribution in [2.24, 2.45) is 5.16 Å². The van der Waals surface area contributed by atoms with E-state index in [9.17, 15) is 5.21 Å². The lowest BCUT2D eigenvalue weighted by molar-refractivity contribution is 0.280. The molecular formula is C18H20ClN3O. The molecular weight excluding hydrogens is 310 g/mol. The van der Waals surface area contributed by atoms with E-state index in [4.69, 9.17) is 11.6 Å². The van der Waals surface area contributed by atoms with E-state index in [1.807, 2.05) is 30.3 Å². The van der Waals surface area contributed by atoms with E-state index >= 15 is 0 Å². The van der Waals surface area contributed by atoms with Gasteiger partial charge in [-0.1, -0.05) is 47.1 Å². The molecule has 0 aromatic heterocycles. The number of hydrogen-bond donors (Lipinski definition) is 1. The molecule has 0 atom stereocenters. The molecule has 1 aliphatic rings. The highest BCUT2D eigenvalue weighted by atomic mass is 35.5. The average Bonchev–Trinajstić information content (AvgIpc) is 2.62. The SMILES string of the molecule is ON=C(CN1CCN(c2ccccc2)CC1)c1ccc(Cl)cc1. The highest BCUT2D eigenvalue weighted by Gasteiger charge is 2.19. The van der Waals surface area contributed by atoms with Crippen LogP contribution in [0.2, 0.25) is 5.02 Å². The third-order valence-corrected chi connectivity index (χ3v) is 4.42. The third-order valence-electron chi connectivity index (χ3n) is 4.17. The van der Waals surface area contributed by atoms with E-state index in [1.165, 1.54) is 5.69 Å². The zero-order valence-corrected chi connectivity index (χ0v) is 13.7. The Morgan fingerprint density at radius 3 is 2.22 bits per heavy atom. The molecule has 0 bridgehead atoms. The van der Waals surface area contributed by atoms with Crippen LogP contribution in [-0.4, -0.2) is 48.5 Å². The van der Waals surface area contributed by atoms with Crippen LogP contribution in [-0.2, 0) is 0 Å². The number of piperazine rings is 1. The van der Waals surface area contributed by atoms with Crippen molar-refractivity contribution in [3.05, 3.63) is 65.2 Å². The van der Waals surface area contributed by atoms with Crippen LogP contribution in [0.4, 0.5) is 5.69 Å². The number of nitrogens with zero attached hydrogens (tertiary/aromatic N) is 3. The van der Waals surface area contributed by atoms with Gasteiger partial charge in [0.05, 0.1) is 0 Å². The van der Waals surface area contributed by atoms with Gasteiger partial charge in [0.15, 0.2) is 0 Å². The van der Waals surface area contributed by atoms with Crippen LogP contribution in [0.3, 0.4) is 0 Å². The van der Waals surface area contributed by atoms with Crippen molar-refractivity contribution < 1.29 is 5.21 Å². The van der Waals surface area contributed by atoms with Crippen molar-refractivity contribution in [2.75, 3.05) is 37.6 Å². The number of halogens is 1. The molecule has 1 heterocycles. The van der Waals surface area contributed by atoms with E-state index in [0.29, 0.717) is 17.3 Å². The first kappa shape index (κ1) is 15.8. The quantitative estimate of drug-likeness (QED) is 0.531. The number of rotatable bonds is 4. The summed E-state index contributed by atoms with van der Waals surface area (Å²) < 4.78 is 0. The van der Waals surface area contributed by atoms with E-state index in [1.54, 1.807) is 0 Å². The molecule has 120 valence electrons. The van der Waals surface area contributed by atoms with Crippen molar-refractivity contribution in [2.45, 2.75) is 0 Å². The molecule has 2 aromatic rings. The summed E-state index contributed by atoms with van der Waals surface area (Å²) in [5.74, 6) is 0. The number of benzene rings is 2. The van der Waals surface area contributed by atoms with Crippen LogP contribution in [0.1, 0.15) is 5.56 Å². The number of anilines is 1. The first-order valence-corrected chi connectivity index (χ1v) is 8.13. The Morgan fingerprint density at radius 2 is 1.61 bits per heavy atom. The minimum Gasteiger partial charge on any atom is -0.411 e. The number of para-hydroxylation sites is 1. The fraction of sp³-hybridized carbons (Fsp3) is 0.278. The molecule has 1 aliphatic heterocycles. The molecule has 2 aromatic carbocycles. The van der Waals surface area contributed by atoms with Crippen LogP contribution in [0, 0.1) is 0 Å². The van der Waals surface area contributed by atoms with Crippen molar-refractivity contribution in [3.63, 3.8) is 0 Å². The Labute approximate surface area is 141 Å². The summed E-state index contributed by atoms with van der Waals surface area (Å²) in [6.45, 7) is 4.48. The van der Waals surface area contributed by atoms with Gasteiger partial charge in [-0.05, 0) is 24.3 Å². The summed E-state index contributed by atoms with van der Waals surface area (Å²) >= 11 is 5.91. The molecule has 5 heteroatoms. The highest BCUT2D eigenvalue weighted by molar-refractivity contribution is 6.30. The van der Waals surface area contributed by atoms with Gasteiger partial charge in [-0.15, -0.1) is 0 Å². The third kappa shape index (κ3) is 4.03. The molecule has 4 nitrogen and oxygen atoms in total. The zero-order valence-electron chi connectivity index (χ0n) is 12.9. The second kappa shape index (κ2) is 7.49. The van der Waals surface area contributed by atoms with Crippen molar-refractivity contribution in [1.82, 2.24) is 4.90 Å². The lowest BCUT2D eigenvalue weighted by atomic mass is 10.1. The van der Waals surface area contributed by atoms with Crippen LogP contribution < -0.4 is 4.90 Å². The molecule has 0 radical (unpaired) electrons. The molecule has 0 unspecified atom stereocenters. The Morgan fingerprint density at radius 1 is 0.957 bits per heavy atom. The van der Waals surface area contributed by atoms with Gasteiger partial charge in [0, 0.05) is 49.0 Å². The largest absolute Gasteiger partial charge is 0.411 e. The first-order chi connectivity index (χ1) is 11.3. The fourth-order valence-corrected chi connectivity index (χ4v) is 2.96. The minimum absolute atomic E-state index is 0.640. The topological polar surface area (TPSA) is 39.1 Å². The predicted molar refractivity (Wildman–Crippen MR) is 94.9 cm³/mol. The maximum absolute atomic E-state index is 9.33. The van der Waals surface area contributed by atoms with Gasteiger partial charge in [-0.2, -0.15) is 0 Å². The van der Waals surface area contributed by atoms with Crippen LogP contribution >= 0.6 is 11.6 Å². The van der Waals surface area contributed by atoms with Crippen molar-refractivity contribution >= 4 is 23.0 Å². The fourth-order valence-electron chi connectivity index (χ4n) is 2.84. The smallest absolute Gasteiger partial charge is 0.101 e. The van der Waals surface area contributed by atoms with Crippen molar-refractivity contribution in [1.29, 1.82) is 0 Å². The second-order valence-corrected chi connectivity index (χ2v) is 6.09. The Kier molecular flexibility index (Phi) is 5.16. The average molecular weight is 330 g/mol. The summed E-state index contributed by atoms with van der Waals surface area (Å²) in [6.07, 6.45) is 0. The number of hydrogen-bond acceptors (Lipinski definition) is 4. The molecule has 3 rings (SSSR count). The zero-order chi connectivity index (χ0) is 16.1. The van der Waals surface area contributed by atoms with E-state index in [2.05, 4.69) is 39.2 Å². The predicted octanol–water partition coefficient (Wildman–Crippen LogP) is 3.34.